The number of benzene rings is 1. The topological polar surface area (TPSA) is 41.6 Å². The molecule has 0 spiro atoms. The van der Waals surface area contributed by atoms with Crippen molar-refractivity contribution in [1.82, 2.24) is 9.55 Å². The van der Waals surface area contributed by atoms with Gasteiger partial charge in [0.2, 0.25) is 0 Å². The first kappa shape index (κ1) is 14.6. The Kier molecular flexibility index (Phi) is 4.46. The minimum atomic E-state index is -0.250. The van der Waals surface area contributed by atoms with E-state index in [-0.39, 0.29) is 18.2 Å². The van der Waals surface area contributed by atoms with Gasteiger partial charge in [0, 0.05) is 11.9 Å². The Labute approximate surface area is 122 Å². The Balaban J connectivity index is 2.42. The third-order valence-corrected chi connectivity index (χ3v) is 4.12. The minimum absolute atomic E-state index is 0.250. The summed E-state index contributed by atoms with van der Waals surface area (Å²) in [7, 11) is 1.90. The largest absolute Gasteiger partial charge is 0.325 e. The highest BCUT2D eigenvalue weighted by Crippen LogP contribution is 2.34. The zero-order valence-corrected chi connectivity index (χ0v) is 12.5. The van der Waals surface area contributed by atoms with Crippen LogP contribution in [0.15, 0.2) is 34.2 Å². The van der Waals surface area contributed by atoms with Crippen LogP contribution in [0.1, 0.15) is 31.3 Å². The first-order chi connectivity index (χ1) is 9.52. The van der Waals surface area contributed by atoms with Crippen molar-refractivity contribution in [3.05, 3.63) is 41.6 Å². The van der Waals surface area contributed by atoms with E-state index in [1.54, 1.807) is 6.07 Å². The molecule has 0 N–H and O–H groups in total. The molecule has 2 aromatic rings. The van der Waals surface area contributed by atoms with Gasteiger partial charge in [0.15, 0.2) is 0 Å². The van der Waals surface area contributed by atoms with Gasteiger partial charge >= 0.3 is 0 Å². The fourth-order valence-corrected chi connectivity index (χ4v) is 3.09. The second-order valence-electron chi connectivity index (χ2n) is 4.83. The van der Waals surface area contributed by atoms with E-state index >= 15 is 0 Å². The zero-order chi connectivity index (χ0) is 14.7. The molecule has 5 heteroatoms. The first-order valence-corrected chi connectivity index (χ1v) is 7.20. The Morgan fingerprint density at radius 3 is 2.80 bits per heavy atom. The zero-order valence-electron chi connectivity index (χ0n) is 11.7. The van der Waals surface area contributed by atoms with Gasteiger partial charge in [-0.1, -0.05) is 31.7 Å². The number of rotatable bonds is 4. The summed E-state index contributed by atoms with van der Waals surface area (Å²) in [4.78, 5) is 5.38. The molecule has 0 amide bonds. The fourth-order valence-electron chi connectivity index (χ4n) is 1.92. The summed E-state index contributed by atoms with van der Waals surface area (Å²) < 4.78 is 15.2. The number of hydrogen-bond donors (Lipinski definition) is 0. The molecular weight excluding hydrogens is 273 g/mol. The second-order valence-corrected chi connectivity index (χ2v) is 5.89. The van der Waals surface area contributed by atoms with Crippen molar-refractivity contribution in [2.24, 2.45) is 7.05 Å². The van der Waals surface area contributed by atoms with E-state index in [1.807, 2.05) is 17.7 Å². The summed E-state index contributed by atoms with van der Waals surface area (Å²) in [6.07, 6.45) is 0.278. The van der Waals surface area contributed by atoms with Gasteiger partial charge in [-0.2, -0.15) is 5.26 Å². The number of imidazole rings is 1. The van der Waals surface area contributed by atoms with Gasteiger partial charge < -0.3 is 4.57 Å². The van der Waals surface area contributed by atoms with E-state index in [4.69, 9.17) is 5.26 Å². The lowest BCUT2D eigenvalue weighted by Gasteiger charge is -2.08. The van der Waals surface area contributed by atoms with Crippen LogP contribution in [0.5, 0.6) is 0 Å². The normalized spacial score (nSPS) is 10.8. The quantitative estimate of drug-likeness (QED) is 0.857. The minimum Gasteiger partial charge on any atom is -0.325 e. The number of halogens is 1. The van der Waals surface area contributed by atoms with Crippen LogP contribution in [0, 0.1) is 17.1 Å². The van der Waals surface area contributed by atoms with Crippen molar-refractivity contribution in [3.63, 3.8) is 0 Å². The Bertz CT molecular complexity index is 656. The molecule has 0 aliphatic rings. The molecule has 1 heterocycles. The summed E-state index contributed by atoms with van der Waals surface area (Å²) in [6, 6.07) is 8.62. The maximum Gasteiger partial charge on any atom is 0.124 e. The molecule has 0 unspecified atom stereocenters. The highest BCUT2D eigenvalue weighted by Gasteiger charge is 2.18. The fraction of sp³-hybridized carbons (Fsp3) is 0.333. The lowest BCUT2D eigenvalue weighted by atomic mass is 10.1. The SMILES string of the molecule is CC(C)c1nc(CC#N)n(C)c1Sc1cccc(F)c1. The van der Waals surface area contributed by atoms with Crippen molar-refractivity contribution in [2.75, 3.05) is 0 Å². The molecule has 0 atom stereocenters. The monoisotopic (exact) mass is 289 g/mol. The molecule has 0 radical (unpaired) electrons. The van der Waals surface area contributed by atoms with Gasteiger partial charge in [0.1, 0.15) is 16.7 Å². The van der Waals surface area contributed by atoms with Crippen LogP contribution in [-0.2, 0) is 13.5 Å². The molecule has 0 aliphatic carbocycles. The van der Waals surface area contributed by atoms with Crippen molar-refractivity contribution < 1.29 is 4.39 Å². The molecule has 0 fully saturated rings. The van der Waals surface area contributed by atoms with Crippen LogP contribution in [0.25, 0.3) is 0 Å². The first-order valence-electron chi connectivity index (χ1n) is 6.38. The van der Waals surface area contributed by atoms with Gasteiger partial charge in [0.25, 0.3) is 0 Å². The third-order valence-electron chi connectivity index (χ3n) is 2.96. The van der Waals surface area contributed by atoms with Gasteiger partial charge in [-0.15, -0.1) is 0 Å². The number of aromatic nitrogens is 2. The highest BCUT2D eigenvalue weighted by molar-refractivity contribution is 7.99. The van der Waals surface area contributed by atoms with Crippen LogP contribution >= 0.6 is 11.8 Å². The van der Waals surface area contributed by atoms with Crippen molar-refractivity contribution in [1.29, 1.82) is 5.26 Å². The predicted octanol–water partition coefficient (Wildman–Crippen LogP) is 3.90. The number of hydrogen-bond acceptors (Lipinski definition) is 3. The molecule has 1 aromatic heterocycles. The maximum absolute atomic E-state index is 13.3. The lowest BCUT2D eigenvalue weighted by molar-refractivity contribution is 0.624. The van der Waals surface area contributed by atoms with Crippen LogP contribution < -0.4 is 0 Å². The van der Waals surface area contributed by atoms with Crippen molar-refractivity contribution >= 4 is 11.8 Å². The predicted molar refractivity (Wildman–Crippen MR) is 77.1 cm³/mol. The number of nitriles is 1. The average molecular weight is 289 g/mol. The molecule has 2 rings (SSSR count). The molecule has 1 aromatic carbocycles. The Hall–Kier alpha value is -1.80. The van der Waals surface area contributed by atoms with Crippen molar-refractivity contribution in [2.45, 2.75) is 36.1 Å². The molecule has 3 nitrogen and oxygen atoms in total. The Morgan fingerprint density at radius 2 is 2.20 bits per heavy atom. The molecule has 0 saturated heterocycles. The second kappa shape index (κ2) is 6.10. The molecule has 104 valence electrons. The van der Waals surface area contributed by atoms with Crippen molar-refractivity contribution in [3.8, 4) is 6.07 Å². The smallest absolute Gasteiger partial charge is 0.124 e. The van der Waals surface area contributed by atoms with E-state index in [0.717, 1.165) is 21.4 Å². The van der Waals surface area contributed by atoms with E-state index in [1.165, 1.54) is 23.9 Å². The van der Waals surface area contributed by atoms with Gasteiger partial charge in [-0.25, -0.2) is 9.37 Å². The van der Waals surface area contributed by atoms with Crippen LogP contribution in [-0.4, -0.2) is 9.55 Å². The molecule has 0 saturated carbocycles. The van der Waals surface area contributed by atoms with E-state index in [9.17, 15) is 4.39 Å². The molecule has 0 bridgehead atoms. The highest BCUT2D eigenvalue weighted by atomic mass is 32.2. The summed E-state index contributed by atoms with van der Waals surface area (Å²) in [5, 5.41) is 9.82. The van der Waals surface area contributed by atoms with E-state index in [0.29, 0.717) is 0 Å². The molecular formula is C15H16FN3S. The molecule has 0 aliphatic heterocycles. The lowest BCUT2D eigenvalue weighted by Crippen LogP contribution is -1.98. The van der Waals surface area contributed by atoms with Crippen LogP contribution in [0.3, 0.4) is 0 Å². The van der Waals surface area contributed by atoms with Gasteiger partial charge in [-0.3, -0.25) is 0 Å². The maximum atomic E-state index is 13.3. The summed E-state index contributed by atoms with van der Waals surface area (Å²) in [5.41, 5.74) is 0.951. The van der Waals surface area contributed by atoms with Crippen LogP contribution in [0.4, 0.5) is 4.39 Å². The van der Waals surface area contributed by atoms with Crippen LogP contribution in [0.2, 0.25) is 0 Å². The summed E-state index contributed by atoms with van der Waals surface area (Å²) in [5.74, 6) is 0.750. The average Bonchev–Trinajstić information content (AvgIpc) is 2.69. The molecule has 20 heavy (non-hydrogen) atoms. The standard InChI is InChI=1S/C15H16FN3S/c1-10(2)14-15(19(3)13(18-14)7-8-17)20-12-6-4-5-11(16)9-12/h4-6,9-10H,7H2,1-3H3. The third kappa shape index (κ3) is 3.02. The van der Waals surface area contributed by atoms with Gasteiger partial charge in [-0.05, 0) is 24.1 Å². The van der Waals surface area contributed by atoms with Gasteiger partial charge in [0.05, 0.1) is 18.2 Å². The summed E-state index contributed by atoms with van der Waals surface area (Å²) >= 11 is 1.48. The number of nitrogens with zero attached hydrogens (tertiary/aromatic N) is 3. The van der Waals surface area contributed by atoms with E-state index < -0.39 is 0 Å². The Morgan fingerprint density at radius 1 is 1.45 bits per heavy atom. The van der Waals surface area contributed by atoms with E-state index in [2.05, 4.69) is 24.9 Å². The summed E-state index contributed by atoms with van der Waals surface area (Å²) in [6.45, 7) is 4.13.